The summed E-state index contributed by atoms with van der Waals surface area (Å²) in [6.45, 7) is 2.42. The molecule has 0 aliphatic heterocycles. The van der Waals surface area contributed by atoms with Gasteiger partial charge in [0.05, 0.1) is 16.3 Å². The largest absolute Gasteiger partial charge is 0.416 e. The summed E-state index contributed by atoms with van der Waals surface area (Å²) in [7, 11) is 0. The fraction of sp³-hybridized carbons (Fsp3) is 0.364. The predicted molar refractivity (Wildman–Crippen MR) is 61.4 cm³/mol. The van der Waals surface area contributed by atoms with Crippen molar-refractivity contribution in [2.24, 2.45) is 0 Å². The van der Waals surface area contributed by atoms with Crippen molar-refractivity contribution in [1.82, 2.24) is 0 Å². The minimum Gasteiger partial charge on any atom is -0.381 e. The fourth-order valence-electron chi connectivity index (χ4n) is 1.07. The molecule has 1 aromatic rings. The zero-order chi connectivity index (χ0) is 14.1. The van der Waals surface area contributed by atoms with Crippen molar-refractivity contribution in [3.8, 4) is 0 Å². The minimum atomic E-state index is -4.53. The van der Waals surface area contributed by atoms with Crippen LogP contribution < -0.4 is 5.32 Å². The highest BCUT2D eigenvalue weighted by molar-refractivity contribution is 6.33. The van der Waals surface area contributed by atoms with Gasteiger partial charge in [-0.2, -0.15) is 13.2 Å². The first-order chi connectivity index (χ1) is 8.01. The Balaban J connectivity index is 3.06. The molecule has 1 aromatic carbocycles. The van der Waals surface area contributed by atoms with Crippen LogP contribution in [0.1, 0.15) is 19.4 Å². The Morgan fingerprint density at radius 3 is 2.33 bits per heavy atom. The summed E-state index contributed by atoms with van der Waals surface area (Å²) in [5.41, 5.74) is -2.84. The molecule has 0 saturated carbocycles. The minimum absolute atomic E-state index is 0.0411. The third kappa shape index (κ3) is 3.61. The topological polar surface area (TPSA) is 49.3 Å². The maximum Gasteiger partial charge on any atom is 0.416 e. The molecule has 0 heterocycles. The van der Waals surface area contributed by atoms with Crippen LogP contribution in [0.5, 0.6) is 0 Å². The van der Waals surface area contributed by atoms with Crippen molar-refractivity contribution in [2.45, 2.75) is 25.6 Å². The summed E-state index contributed by atoms with van der Waals surface area (Å²) in [5, 5.41) is 11.5. The number of hydrogen-bond acceptors (Lipinski definition) is 2. The Morgan fingerprint density at radius 2 is 1.89 bits per heavy atom. The normalized spacial score (nSPS) is 12.4. The second-order valence-electron chi connectivity index (χ2n) is 4.21. The van der Waals surface area contributed by atoms with Gasteiger partial charge in [0.1, 0.15) is 5.60 Å². The molecule has 2 N–H and O–H groups in total. The molecular weight excluding hydrogens is 271 g/mol. The van der Waals surface area contributed by atoms with Crippen LogP contribution in [0.4, 0.5) is 18.9 Å². The number of carbonyl (C=O) groups excluding carboxylic acids is 1. The number of carbonyl (C=O) groups is 1. The molecule has 0 aliphatic rings. The lowest BCUT2D eigenvalue weighted by molar-refractivity contribution is -0.137. The summed E-state index contributed by atoms with van der Waals surface area (Å²) in [5.74, 6) is -0.844. The van der Waals surface area contributed by atoms with Crippen molar-refractivity contribution in [1.29, 1.82) is 0 Å². The fourth-order valence-corrected chi connectivity index (χ4v) is 1.24. The van der Waals surface area contributed by atoms with Crippen LogP contribution in [-0.4, -0.2) is 16.6 Å². The highest BCUT2D eigenvalue weighted by atomic mass is 35.5. The molecule has 3 nitrogen and oxygen atoms in total. The maximum absolute atomic E-state index is 12.5. The van der Waals surface area contributed by atoms with Crippen molar-refractivity contribution in [3.05, 3.63) is 28.8 Å². The van der Waals surface area contributed by atoms with Crippen LogP contribution in [0, 0.1) is 0 Å². The molecule has 1 amide bonds. The standard InChI is InChI=1S/C11H11ClF3NO2/c1-10(2,18)9(17)16-8-5-6(11(13,14)15)3-4-7(8)12/h3-5,18H,1-2H3,(H,16,17). The second kappa shape index (κ2) is 4.78. The SMILES string of the molecule is CC(C)(O)C(=O)Nc1cc(C(F)(F)F)ccc1Cl. The molecule has 0 saturated heterocycles. The van der Waals surface area contributed by atoms with E-state index in [0.29, 0.717) is 6.07 Å². The number of rotatable bonds is 2. The molecule has 1 rings (SSSR count). The van der Waals surface area contributed by atoms with Gasteiger partial charge in [0, 0.05) is 0 Å². The van der Waals surface area contributed by atoms with Gasteiger partial charge in [-0.3, -0.25) is 4.79 Å². The van der Waals surface area contributed by atoms with Crippen LogP contribution in [0.15, 0.2) is 18.2 Å². The van der Waals surface area contributed by atoms with E-state index >= 15 is 0 Å². The zero-order valence-electron chi connectivity index (χ0n) is 9.60. The average Bonchev–Trinajstić information content (AvgIpc) is 2.18. The first-order valence-electron chi connectivity index (χ1n) is 4.92. The van der Waals surface area contributed by atoms with Gasteiger partial charge in [0.25, 0.3) is 5.91 Å². The van der Waals surface area contributed by atoms with Crippen molar-refractivity contribution in [2.75, 3.05) is 5.32 Å². The molecule has 18 heavy (non-hydrogen) atoms. The molecule has 0 fully saturated rings. The number of alkyl halides is 3. The lowest BCUT2D eigenvalue weighted by Crippen LogP contribution is -2.36. The molecular formula is C11H11ClF3NO2. The Kier molecular flexibility index (Phi) is 3.92. The first kappa shape index (κ1) is 14.8. The lowest BCUT2D eigenvalue weighted by Gasteiger charge is -2.18. The lowest BCUT2D eigenvalue weighted by atomic mass is 10.1. The second-order valence-corrected chi connectivity index (χ2v) is 4.61. The zero-order valence-corrected chi connectivity index (χ0v) is 10.4. The molecule has 0 aromatic heterocycles. The van der Waals surface area contributed by atoms with Gasteiger partial charge in [-0.1, -0.05) is 11.6 Å². The highest BCUT2D eigenvalue weighted by Gasteiger charge is 2.31. The average molecular weight is 282 g/mol. The number of amides is 1. The summed E-state index contributed by atoms with van der Waals surface area (Å²) in [4.78, 5) is 11.4. The van der Waals surface area contributed by atoms with Gasteiger partial charge in [0.15, 0.2) is 0 Å². The van der Waals surface area contributed by atoms with Crippen LogP contribution in [0.3, 0.4) is 0 Å². The van der Waals surface area contributed by atoms with E-state index in [9.17, 15) is 23.1 Å². The molecule has 0 radical (unpaired) electrons. The summed E-state index contributed by atoms with van der Waals surface area (Å²) in [6.07, 6.45) is -4.53. The van der Waals surface area contributed by atoms with E-state index in [4.69, 9.17) is 11.6 Å². The monoisotopic (exact) mass is 281 g/mol. The van der Waals surface area contributed by atoms with Crippen molar-refractivity contribution in [3.63, 3.8) is 0 Å². The third-order valence-corrected chi connectivity index (χ3v) is 2.43. The van der Waals surface area contributed by atoms with Gasteiger partial charge in [-0.15, -0.1) is 0 Å². The van der Waals surface area contributed by atoms with Crippen molar-refractivity contribution >= 4 is 23.2 Å². The number of nitrogens with one attached hydrogen (secondary N) is 1. The van der Waals surface area contributed by atoms with Crippen molar-refractivity contribution < 1.29 is 23.1 Å². The Hall–Kier alpha value is -1.27. The van der Waals surface area contributed by atoms with E-state index in [0.717, 1.165) is 12.1 Å². The summed E-state index contributed by atoms with van der Waals surface area (Å²) in [6, 6.07) is 2.55. The third-order valence-electron chi connectivity index (χ3n) is 2.10. The smallest absolute Gasteiger partial charge is 0.381 e. The molecule has 0 atom stereocenters. The van der Waals surface area contributed by atoms with E-state index in [-0.39, 0.29) is 10.7 Å². The Morgan fingerprint density at radius 1 is 1.33 bits per heavy atom. The van der Waals surface area contributed by atoms with E-state index in [1.165, 1.54) is 13.8 Å². The Bertz CT molecular complexity index is 466. The molecule has 0 aliphatic carbocycles. The summed E-state index contributed by atoms with van der Waals surface area (Å²) >= 11 is 5.68. The molecule has 0 spiro atoms. The quantitative estimate of drug-likeness (QED) is 0.875. The van der Waals surface area contributed by atoms with Crippen LogP contribution in [-0.2, 0) is 11.0 Å². The van der Waals surface area contributed by atoms with Crippen LogP contribution in [0.25, 0.3) is 0 Å². The van der Waals surface area contributed by atoms with Gasteiger partial charge in [-0.25, -0.2) is 0 Å². The van der Waals surface area contributed by atoms with E-state index < -0.39 is 23.2 Å². The van der Waals surface area contributed by atoms with Gasteiger partial charge in [-0.05, 0) is 32.0 Å². The van der Waals surface area contributed by atoms with Crippen LogP contribution in [0.2, 0.25) is 5.02 Å². The molecule has 0 unspecified atom stereocenters. The van der Waals surface area contributed by atoms with Gasteiger partial charge in [0.2, 0.25) is 0 Å². The van der Waals surface area contributed by atoms with E-state index in [2.05, 4.69) is 5.32 Å². The number of benzene rings is 1. The van der Waals surface area contributed by atoms with E-state index in [1.54, 1.807) is 0 Å². The molecule has 0 bridgehead atoms. The molecule has 100 valence electrons. The number of hydrogen-bond donors (Lipinski definition) is 2. The van der Waals surface area contributed by atoms with Crippen LogP contribution >= 0.6 is 11.6 Å². The number of aliphatic hydroxyl groups is 1. The maximum atomic E-state index is 12.5. The number of halogens is 4. The van der Waals surface area contributed by atoms with Gasteiger partial charge < -0.3 is 10.4 Å². The first-order valence-corrected chi connectivity index (χ1v) is 5.30. The Labute approximate surface area is 107 Å². The summed E-state index contributed by atoms with van der Waals surface area (Å²) < 4.78 is 37.4. The molecule has 7 heteroatoms. The highest BCUT2D eigenvalue weighted by Crippen LogP contribution is 2.34. The van der Waals surface area contributed by atoms with E-state index in [1.807, 2.05) is 0 Å². The number of anilines is 1. The predicted octanol–water partition coefficient (Wildman–Crippen LogP) is 3.07. The van der Waals surface area contributed by atoms with Gasteiger partial charge >= 0.3 is 6.18 Å².